The van der Waals surface area contributed by atoms with E-state index >= 15 is 0 Å². The summed E-state index contributed by atoms with van der Waals surface area (Å²) in [6.45, 7) is 11.8. The van der Waals surface area contributed by atoms with Gasteiger partial charge in [0.05, 0.1) is 6.10 Å². The van der Waals surface area contributed by atoms with Crippen LogP contribution in [0.25, 0.3) is 0 Å². The number of hydrogen-bond donors (Lipinski definition) is 1. The number of nitrogens with one attached hydrogen (secondary N) is 1. The van der Waals surface area contributed by atoms with E-state index in [-0.39, 0.29) is 11.7 Å². The smallest absolute Gasteiger partial charge is 0.125 e. The maximum atomic E-state index is 6.15. The first kappa shape index (κ1) is 17.1. The minimum Gasteiger partial charge on any atom is -0.491 e. The van der Waals surface area contributed by atoms with Gasteiger partial charge >= 0.3 is 0 Å². The lowest BCUT2D eigenvalue weighted by Gasteiger charge is -2.38. The SMILES string of the molecule is CCCCNC1CC(C)(C)Oc2ccc(OC(C)CC)cc21. The summed E-state index contributed by atoms with van der Waals surface area (Å²) in [6, 6.07) is 6.57. The Labute approximate surface area is 135 Å². The molecule has 2 unspecified atom stereocenters. The van der Waals surface area contributed by atoms with Crippen LogP contribution in [-0.2, 0) is 0 Å². The minimum atomic E-state index is -0.129. The molecule has 0 aliphatic carbocycles. The molecule has 2 atom stereocenters. The fourth-order valence-electron chi connectivity index (χ4n) is 2.86. The van der Waals surface area contributed by atoms with Crippen LogP contribution in [0.15, 0.2) is 18.2 Å². The van der Waals surface area contributed by atoms with Crippen LogP contribution in [0.2, 0.25) is 0 Å². The van der Waals surface area contributed by atoms with Crippen molar-refractivity contribution < 1.29 is 9.47 Å². The zero-order valence-electron chi connectivity index (χ0n) is 14.7. The summed E-state index contributed by atoms with van der Waals surface area (Å²) in [5, 5.41) is 3.69. The van der Waals surface area contributed by atoms with Gasteiger partial charge in [0.15, 0.2) is 0 Å². The van der Waals surface area contributed by atoms with E-state index in [0.717, 1.165) is 30.9 Å². The van der Waals surface area contributed by atoms with E-state index < -0.39 is 0 Å². The quantitative estimate of drug-likeness (QED) is 0.730. The van der Waals surface area contributed by atoms with Crippen molar-refractivity contribution in [2.45, 2.75) is 78.0 Å². The Hall–Kier alpha value is -1.22. The second kappa shape index (κ2) is 7.36. The van der Waals surface area contributed by atoms with Crippen molar-refractivity contribution in [3.63, 3.8) is 0 Å². The van der Waals surface area contributed by atoms with Crippen LogP contribution in [-0.4, -0.2) is 18.2 Å². The highest BCUT2D eigenvalue weighted by Gasteiger charge is 2.33. The average Bonchev–Trinajstić information content (AvgIpc) is 2.47. The Balaban J connectivity index is 2.20. The first-order chi connectivity index (χ1) is 10.4. The minimum absolute atomic E-state index is 0.129. The van der Waals surface area contributed by atoms with Crippen molar-refractivity contribution in [2.24, 2.45) is 0 Å². The third-order valence-corrected chi connectivity index (χ3v) is 4.27. The monoisotopic (exact) mass is 305 g/mol. The van der Waals surface area contributed by atoms with Gasteiger partial charge in [-0.2, -0.15) is 0 Å². The molecule has 0 amide bonds. The van der Waals surface area contributed by atoms with E-state index in [2.05, 4.69) is 52.1 Å². The molecule has 1 heterocycles. The Morgan fingerprint density at radius 2 is 2.14 bits per heavy atom. The van der Waals surface area contributed by atoms with E-state index in [1.807, 2.05) is 6.07 Å². The molecule has 0 saturated carbocycles. The molecular formula is C19H31NO2. The summed E-state index contributed by atoms with van der Waals surface area (Å²) in [5.74, 6) is 1.93. The highest BCUT2D eigenvalue weighted by Crippen LogP contribution is 2.41. The maximum Gasteiger partial charge on any atom is 0.125 e. The van der Waals surface area contributed by atoms with Gasteiger partial charge in [-0.1, -0.05) is 20.3 Å². The van der Waals surface area contributed by atoms with Crippen molar-refractivity contribution in [1.82, 2.24) is 5.32 Å². The molecular weight excluding hydrogens is 274 g/mol. The Morgan fingerprint density at radius 1 is 1.36 bits per heavy atom. The first-order valence-electron chi connectivity index (χ1n) is 8.68. The molecule has 0 aromatic heterocycles. The molecule has 0 bridgehead atoms. The average molecular weight is 305 g/mol. The molecule has 22 heavy (non-hydrogen) atoms. The zero-order chi connectivity index (χ0) is 16.2. The van der Waals surface area contributed by atoms with Gasteiger partial charge in [0.1, 0.15) is 17.1 Å². The van der Waals surface area contributed by atoms with Gasteiger partial charge < -0.3 is 14.8 Å². The van der Waals surface area contributed by atoms with Crippen molar-refractivity contribution in [2.75, 3.05) is 6.54 Å². The normalized spacial score (nSPS) is 20.9. The Morgan fingerprint density at radius 3 is 2.82 bits per heavy atom. The van der Waals surface area contributed by atoms with Crippen LogP contribution in [0.1, 0.15) is 71.9 Å². The maximum absolute atomic E-state index is 6.15. The molecule has 0 spiro atoms. The number of fused-ring (bicyclic) bond motifs is 1. The zero-order valence-corrected chi connectivity index (χ0v) is 14.7. The molecule has 1 N–H and O–H groups in total. The van der Waals surface area contributed by atoms with Gasteiger partial charge in [0.25, 0.3) is 0 Å². The van der Waals surface area contributed by atoms with Crippen molar-refractivity contribution in [1.29, 1.82) is 0 Å². The van der Waals surface area contributed by atoms with Crippen LogP contribution in [0.4, 0.5) is 0 Å². The highest BCUT2D eigenvalue weighted by atomic mass is 16.5. The predicted molar refractivity (Wildman–Crippen MR) is 91.8 cm³/mol. The molecule has 0 fully saturated rings. The van der Waals surface area contributed by atoms with Crippen LogP contribution in [0.3, 0.4) is 0 Å². The van der Waals surface area contributed by atoms with Crippen LogP contribution in [0, 0.1) is 0 Å². The summed E-state index contributed by atoms with van der Waals surface area (Å²) in [4.78, 5) is 0. The fraction of sp³-hybridized carbons (Fsp3) is 0.684. The standard InChI is InChI=1S/C19H31NO2/c1-6-8-11-20-17-13-19(4,5)22-18-10-9-15(12-16(17)18)21-14(3)7-2/h9-10,12,14,17,20H,6-8,11,13H2,1-5H3. The summed E-state index contributed by atoms with van der Waals surface area (Å²) >= 11 is 0. The summed E-state index contributed by atoms with van der Waals surface area (Å²) in [7, 11) is 0. The molecule has 1 aromatic rings. The molecule has 0 radical (unpaired) electrons. The Bertz CT molecular complexity index is 484. The second-order valence-corrected chi connectivity index (χ2v) is 6.96. The van der Waals surface area contributed by atoms with Crippen molar-refractivity contribution >= 4 is 0 Å². The van der Waals surface area contributed by atoms with E-state index in [0.29, 0.717) is 6.04 Å². The molecule has 1 aliphatic rings. The molecule has 1 aromatic carbocycles. The van der Waals surface area contributed by atoms with E-state index in [9.17, 15) is 0 Å². The lowest BCUT2D eigenvalue weighted by molar-refractivity contribution is 0.0656. The number of unbranched alkanes of at least 4 members (excludes halogenated alkanes) is 1. The third-order valence-electron chi connectivity index (χ3n) is 4.27. The van der Waals surface area contributed by atoms with Crippen molar-refractivity contribution in [3.8, 4) is 11.5 Å². The summed E-state index contributed by atoms with van der Waals surface area (Å²) in [5.41, 5.74) is 1.10. The summed E-state index contributed by atoms with van der Waals surface area (Å²) < 4.78 is 12.1. The molecule has 124 valence electrons. The number of ether oxygens (including phenoxy) is 2. The largest absolute Gasteiger partial charge is 0.491 e. The van der Waals surface area contributed by atoms with Gasteiger partial charge in [-0.25, -0.2) is 0 Å². The predicted octanol–water partition coefficient (Wildman–Crippen LogP) is 4.86. The third kappa shape index (κ3) is 4.39. The number of hydrogen-bond acceptors (Lipinski definition) is 3. The highest BCUT2D eigenvalue weighted by molar-refractivity contribution is 5.44. The van der Waals surface area contributed by atoms with E-state index in [4.69, 9.17) is 9.47 Å². The first-order valence-corrected chi connectivity index (χ1v) is 8.68. The second-order valence-electron chi connectivity index (χ2n) is 6.96. The van der Waals surface area contributed by atoms with E-state index in [1.165, 1.54) is 18.4 Å². The lowest BCUT2D eigenvalue weighted by Crippen LogP contribution is -2.39. The van der Waals surface area contributed by atoms with Crippen LogP contribution in [0.5, 0.6) is 11.5 Å². The molecule has 3 nitrogen and oxygen atoms in total. The fourth-order valence-corrected chi connectivity index (χ4v) is 2.86. The van der Waals surface area contributed by atoms with Crippen LogP contribution < -0.4 is 14.8 Å². The van der Waals surface area contributed by atoms with Crippen LogP contribution >= 0.6 is 0 Å². The number of rotatable bonds is 7. The van der Waals surface area contributed by atoms with Gasteiger partial charge in [0.2, 0.25) is 0 Å². The molecule has 3 heteroatoms. The Kier molecular flexibility index (Phi) is 5.74. The molecule has 1 aliphatic heterocycles. The molecule has 0 saturated heterocycles. The number of benzene rings is 1. The van der Waals surface area contributed by atoms with Gasteiger partial charge in [-0.05, 0) is 58.4 Å². The van der Waals surface area contributed by atoms with Crippen molar-refractivity contribution in [3.05, 3.63) is 23.8 Å². The van der Waals surface area contributed by atoms with E-state index in [1.54, 1.807) is 0 Å². The lowest BCUT2D eigenvalue weighted by atomic mass is 9.89. The topological polar surface area (TPSA) is 30.5 Å². The molecule has 2 rings (SSSR count). The van der Waals surface area contributed by atoms with Gasteiger partial charge in [-0.15, -0.1) is 0 Å². The van der Waals surface area contributed by atoms with Gasteiger partial charge in [-0.3, -0.25) is 0 Å². The summed E-state index contributed by atoms with van der Waals surface area (Å²) in [6.07, 6.45) is 4.65. The van der Waals surface area contributed by atoms with Gasteiger partial charge in [0, 0.05) is 18.0 Å².